The van der Waals surface area contributed by atoms with Crippen LogP contribution in [-0.2, 0) is 16.4 Å². The topological polar surface area (TPSA) is 82.6 Å². The Morgan fingerprint density at radius 1 is 0.872 bits per heavy atom. The van der Waals surface area contributed by atoms with Crippen molar-refractivity contribution in [2.45, 2.75) is 11.3 Å². The summed E-state index contributed by atoms with van der Waals surface area (Å²) in [7, 11) is -3.91. The summed E-state index contributed by atoms with van der Waals surface area (Å²) >= 11 is 0. The van der Waals surface area contributed by atoms with Crippen LogP contribution in [0.15, 0.2) is 77.8 Å². The number of fused-ring (bicyclic) bond motifs is 1. The van der Waals surface area contributed by atoms with Crippen molar-refractivity contribution in [2.75, 3.05) is 37.4 Å². The first-order chi connectivity index (χ1) is 18.7. The van der Waals surface area contributed by atoms with Crippen molar-refractivity contribution in [3.8, 4) is 0 Å². The number of piperazine rings is 1. The van der Waals surface area contributed by atoms with Gasteiger partial charge in [-0.25, -0.2) is 21.6 Å². The Morgan fingerprint density at radius 3 is 2.31 bits per heavy atom. The number of pyridine rings is 1. The van der Waals surface area contributed by atoms with Gasteiger partial charge in [0, 0.05) is 61.1 Å². The average molecular weight is 555 g/mol. The molecular formula is C28H25F3N4O3S. The SMILES string of the molecule is O=C(c1ccc(NS(=O)(=O)c2cccc3cccnc23)cc1)N1CCN(CCc2c(F)ccc(F)c2F)CC1. The largest absolute Gasteiger partial charge is 0.336 e. The van der Waals surface area contributed by atoms with Gasteiger partial charge in [0.25, 0.3) is 15.9 Å². The normalized spacial score (nSPS) is 14.5. The molecule has 11 heteroatoms. The summed E-state index contributed by atoms with van der Waals surface area (Å²) in [6, 6.07) is 16.3. The third-order valence-corrected chi connectivity index (χ3v) is 8.16. The van der Waals surface area contributed by atoms with Crippen LogP contribution >= 0.6 is 0 Å². The fourth-order valence-electron chi connectivity index (χ4n) is 4.61. The summed E-state index contributed by atoms with van der Waals surface area (Å²) in [6.45, 7) is 2.16. The van der Waals surface area contributed by atoms with E-state index in [4.69, 9.17) is 0 Å². The fraction of sp³-hybridized carbons (Fsp3) is 0.214. The number of aromatic nitrogens is 1. The number of hydrogen-bond donors (Lipinski definition) is 1. The van der Waals surface area contributed by atoms with Crippen LogP contribution in [0.3, 0.4) is 0 Å². The van der Waals surface area contributed by atoms with Crippen LogP contribution in [0.5, 0.6) is 0 Å². The molecule has 0 aliphatic carbocycles. The maximum absolute atomic E-state index is 13.9. The highest BCUT2D eigenvalue weighted by molar-refractivity contribution is 7.93. The molecule has 0 radical (unpaired) electrons. The van der Waals surface area contributed by atoms with Gasteiger partial charge < -0.3 is 4.90 Å². The Hall–Kier alpha value is -3.96. The number of halogens is 3. The van der Waals surface area contributed by atoms with Crippen LogP contribution in [-0.4, -0.2) is 61.8 Å². The maximum atomic E-state index is 13.9. The molecule has 1 saturated heterocycles. The second kappa shape index (κ2) is 11.0. The number of carbonyl (C=O) groups is 1. The van der Waals surface area contributed by atoms with E-state index in [0.717, 1.165) is 12.1 Å². The maximum Gasteiger partial charge on any atom is 0.264 e. The number of sulfonamides is 1. The first-order valence-corrected chi connectivity index (χ1v) is 13.8. The van der Waals surface area contributed by atoms with Gasteiger partial charge in [0.05, 0.1) is 5.52 Å². The second-order valence-electron chi connectivity index (χ2n) is 9.22. The standard InChI is InChI=1S/C28H25F3N4O3S/c29-23-10-11-24(30)26(31)22(23)12-14-34-15-17-35(18-16-34)28(36)20-6-8-21(9-7-20)33-39(37,38)25-5-1-3-19-4-2-13-32-27(19)25/h1-11,13,33H,12,14-18H2. The number of nitrogens with one attached hydrogen (secondary N) is 1. The van der Waals surface area contributed by atoms with Gasteiger partial charge in [-0.2, -0.15) is 0 Å². The Labute approximate surface area is 223 Å². The Balaban J connectivity index is 1.18. The summed E-state index contributed by atoms with van der Waals surface area (Å²) in [5.74, 6) is -3.22. The zero-order valence-electron chi connectivity index (χ0n) is 20.8. The van der Waals surface area contributed by atoms with Gasteiger partial charge in [-0.15, -0.1) is 0 Å². The first-order valence-electron chi connectivity index (χ1n) is 12.3. The third-order valence-electron chi connectivity index (χ3n) is 6.75. The minimum absolute atomic E-state index is 0.0234. The van der Waals surface area contributed by atoms with E-state index in [1.807, 2.05) is 4.90 Å². The number of rotatable bonds is 7. The monoisotopic (exact) mass is 554 g/mol. The van der Waals surface area contributed by atoms with Crippen LogP contribution in [0.4, 0.5) is 18.9 Å². The molecule has 5 rings (SSSR count). The van der Waals surface area contributed by atoms with E-state index in [2.05, 4.69) is 9.71 Å². The molecule has 2 heterocycles. The molecule has 1 N–H and O–H groups in total. The molecule has 0 atom stereocenters. The smallest absolute Gasteiger partial charge is 0.264 e. The van der Waals surface area contributed by atoms with E-state index in [1.54, 1.807) is 41.3 Å². The molecule has 0 bridgehead atoms. The predicted octanol–water partition coefficient (Wildman–Crippen LogP) is 4.45. The fourth-order valence-corrected chi connectivity index (χ4v) is 5.85. The molecule has 7 nitrogen and oxygen atoms in total. The molecule has 3 aromatic carbocycles. The Kier molecular flexibility index (Phi) is 7.53. The minimum Gasteiger partial charge on any atom is -0.336 e. The van der Waals surface area contributed by atoms with E-state index in [0.29, 0.717) is 54.9 Å². The van der Waals surface area contributed by atoms with Gasteiger partial charge in [-0.1, -0.05) is 18.2 Å². The molecule has 1 aliphatic heterocycles. The van der Waals surface area contributed by atoms with Crippen molar-refractivity contribution < 1.29 is 26.4 Å². The molecule has 0 spiro atoms. The van der Waals surface area contributed by atoms with E-state index in [1.165, 1.54) is 24.4 Å². The van der Waals surface area contributed by atoms with Crippen molar-refractivity contribution in [1.29, 1.82) is 0 Å². The lowest BCUT2D eigenvalue weighted by Crippen LogP contribution is -2.49. The van der Waals surface area contributed by atoms with E-state index < -0.39 is 27.5 Å². The van der Waals surface area contributed by atoms with Gasteiger partial charge in [0.15, 0.2) is 11.6 Å². The molecule has 1 fully saturated rings. The van der Waals surface area contributed by atoms with Crippen LogP contribution in [0.2, 0.25) is 0 Å². The van der Waals surface area contributed by atoms with Gasteiger partial charge >= 0.3 is 0 Å². The van der Waals surface area contributed by atoms with Crippen LogP contribution < -0.4 is 4.72 Å². The van der Waals surface area contributed by atoms with Crippen LogP contribution in [0, 0.1) is 17.5 Å². The molecular weight excluding hydrogens is 529 g/mol. The van der Waals surface area contributed by atoms with Crippen molar-refractivity contribution in [3.63, 3.8) is 0 Å². The zero-order valence-corrected chi connectivity index (χ0v) is 21.6. The van der Waals surface area contributed by atoms with Gasteiger partial charge in [0.1, 0.15) is 10.7 Å². The van der Waals surface area contributed by atoms with Crippen molar-refractivity contribution in [1.82, 2.24) is 14.8 Å². The summed E-state index contributed by atoms with van der Waals surface area (Å²) in [4.78, 5) is 20.9. The predicted molar refractivity (Wildman–Crippen MR) is 141 cm³/mol. The van der Waals surface area contributed by atoms with Crippen LogP contribution in [0.25, 0.3) is 10.9 Å². The molecule has 4 aromatic rings. The number of nitrogens with zero attached hydrogens (tertiary/aromatic N) is 3. The van der Waals surface area contributed by atoms with E-state index >= 15 is 0 Å². The van der Waals surface area contributed by atoms with Gasteiger partial charge in [-0.05, 0) is 55.0 Å². The highest BCUT2D eigenvalue weighted by Crippen LogP contribution is 2.24. The lowest BCUT2D eigenvalue weighted by Gasteiger charge is -2.34. The number of carbonyl (C=O) groups excluding carboxylic acids is 1. The third kappa shape index (κ3) is 5.74. The van der Waals surface area contributed by atoms with E-state index in [9.17, 15) is 26.4 Å². The summed E-state index contributed by atoms with van der Waals surface area (Å²) in [6.07, 6.45) is 1.56. The first kappa shape index (κ1) is 26.6. The number of para-hydroxylation sites is 1. The molecule has 0 saturated carbocycles. The number of hydrogen-bond acceptors (Lipinski definition) is 5. The summed E-state index contributed by atoms with van der Waals surface area (Å²) in [5, 5.41) is 0.703. The molecule has 202 valence electrons. The molecule has 1 amide bonds. The van der Waals surface area contributed by atoms with Gasteiger partial charge in [-0.3, -0.25) is 19.4 Å². The highest BCUT2D eigenvalue weighted by Gasteiger charge is 2.24. The van der Waals surface area contributed by atoms with Crippen LogP contribution in [0.1, 0.15) is 15.9 Å². The van der Waals surface area contributed by atoms with Crippen molar-refractivity contribution >= 4 is 32.5 Å². The lowest BCUT2D eigenvalue weighted by molar-refractivity contribution is 0.0638. The minimum atomic E-state index is -3.91. The highest BCUT2D eigenvalue weighted by atomic mass is 32.2. The van der Waals surface area contributed by atoms with Crippen molar-refractivity contribution in [2.24, 2.45) is 0 Å². The lowest BCUT2D eigenvalue weighted by atomic mass is 10.1. The average Bonchev–Trinajstić information content (AvgIpc) is 2.95. The zero-order chi connectivity index (χ0) is 27.6. The molecule has 1 aromatic heterocycles. The quantitative estimate of drug-likeness (QED) is 0.342. The molecule has 0 unspecified atom stereocenters. The summed E-state index contributed by atoms with van der Waals surface area (Å²) < 4.78 is 69.8. The van der Waals surface area contributed by atoms with Crippen molar-refractivity contribution in [3.05, 3.63) is 102 Å². The second-order valence-corrected chi connectivity index (χ2v) is 10.9. The Bertz CT molecular complexity index is 1620. The Morgan fingerprint density at radius 2 is 1.56 bits per heavy atom. The number of benzene rings is 3. The molecule has 1 aliphatic rings. The number of anilines is 1. The molecule has 39 heavy (non-hydrogen) atoms. The van der Waals surface area contributed by atoms with E-state index in [-0.39, 0.29) is 22.8 Å². The van der Waals surface area contributed by atoms with Gasteiger partial charge in [0.2, 0.25) is 0 Å². The number of amides is 1. The summed E-state index contributed by atoms with van der Waals surface area (Å²) in [5.41, 5.74) is 0.800.